The smallest absolute Gasteiger partial charge is 0.241 e. The van der Waals surface area contributed by atoms with Crippen molar-refractivity contribution in [3.8, 4) is 0 Å². The van der Waals surface area contributed by atoms with Crippen LogP contribution >= 0.6 is 0 Å². The van der Waals surface area contributed by atoms with Crippen LogP contribution in [-0.2, 0) is 26.0 Å². The summed E-state index contributed by atoms with van der Waals surface area (Å²) in [6, 6.07) is 7.72. The molecule has 2 atom stereocenters. The van der Waals surface area contributed by atoms with E-state index in [2.05, 4.69) is 4.72 Å². The highest BCUT2D eigenvalue weighted by molar-refractivity contribution is 7.90. The van der Waals surface area contributed by atoms with Gasteiger partial charge in [0.1, 0.15) is 6.04 Å². The minimum atomic E-state index is -3.61. The fraction of sp³-hybridized carbons (Fsp3) is 0.529. The van der Waals surface area contributed by atoms with Gasteiger partial charge in [0.05, 0.1) is 11.3 Å². The molecule has 1 fully saturated rings. The van der Waals surface area contributed by atoms with Gasteiger partial charge in [0.25, 0.3) is 0 Å². The SMILES string of the molecule is CC(C)S(=O)(=O)N[C@H](Cc1ccccc1)C(=O)N1CCC[C@H]1[C]=O. The topological polar surface area (TPSA) is 83.6 Å². The van der Waals surface area contributed by atoms with Crippen LogP contribution in [-0.4, -0.2) is 49.4 Å². The number of carbonyl (C=O) groups is 1. The van der Waals surface area contributed by atoms with Crippen molar-refractivity contribution in [2.75, 3.05) is 6.54 Å². The summed E-state index contributed by atoms with van der Waals surface area (Å²) in [7, 11) is -3.61. The minimum Gasteiger partial charge on any atom is -0.331 e. The van der Waals surface area contributed by atoms with Gasteiger partial charge in [-0.05, 0) is 38.7 Å². The van der Waals surface area contributed by atoms with Crippen LogP contribution in [0.3, 0.4) is 0 Å². The van der Waals surface area contributed by atoms with E-state index in [1.807, 2.05) is 36.6 Å². The number of nitrogens with one attached hydrogen (secondary N) is 1. The molecule has 1 amide bonds. The van der Waals surface area contributed by atoms with Crippen molar-refractivity contribution >= 4 is 22.2 Å². The Morgan fingerprint density at radius 3 is 2.58 bits per heavy atom. The third-order valence-corrected chi connectivity index (χ3v) is 6.03. The highest BCUT2D eigenvalue weighted by Gasteiger charge is 2.35. The van der Waals surface area contributed by atoms with E-state index >= 15 is 0 Å². The molecule has 0 spiro atoms. The van der Waals surface area contributed by atoms with Crippen molar-refractivity contribution in [2.24, 2.45) is 0 Å². The van der Waals surface area contributed by atoms with Gasteiger partial charge in [0.2, 0.25) is 22.2 Å². The first-order chi connectivity index (χ1) is 11.3. The van der Waals surface area contributed by atoms with Gasteiger partial charge in [-0.15, -0.1) is 0 Å². The molecule has 1 aliphatic heterocycles. The molecule has 1 N–H and O–H groups in total. The maximum absolute atomic E-state index is 12.8. The van der Waals surface area contributed by atoms with Crippen LogP contribution in [0.15, 0.2) is 30.3 Å². The molecule has 1 aliphatic rings. The summed E-state index contributed by atoms with van der Waals surface area (Å²) in [6.07, 6.45) is 3.42. The lowest BCUT2D eigenvalue weighted by atomic mass is 10.1. The van der Waals surface area contributed by atoms with Crippen LogP contribution in [0.5, 0.6) is 0 Å². The highest BCUT2D eigenvalue weighted by atomic mass is 32.2. The Bertz CT molecular complexity index is 673. The Morgan fingerprint density at radius 1 is 1.33 bits per heavy atom. The van der Waals surface area contributed by atoms with Crippen LogP contribution in [0.1, 0.15) is 32.3 Å². The lowest BCUT2D eigenvalue weighted by Crippen LogP contribution is -2.52. The predicted molar refractivity (Wildman–Crippen MR) is 91.6 cm³/mol. The van der Waals surface area contributed by atoms with Gasteiger partial charge >= 0.3 is 0 Å². The van der Waals surface area contributed by atoms with Crippen LogP contribution in [0.2, 0.25) is 0 Å². The molecule has 1 aromatic rings. The molecule has 7 heteroatoms. The Labute approximate surface area is 143 Å². The maximum Gasteiger partial charge on any atom is 0.241 e. The van der Waals surface area contributed by atoms with Crippen molar-refractivity contribution in [3.63, 3.8) is 0 Å². The zero-order chi connectivity index (χ0) is 17.7. The fourth-order valence-electron chi connectivity index (χ4n) is 2.72. The number of sulfonamides is 1. The number of nitrogens with zero attached hydrogens (tertiary/aromatic N) is 1. The molecule has 1 saturated heterocycles. The average Bonchev–Trinajstić information content (AvgIpc) is 3.02. The van der Waals surface area contributed by atoms with Crippen molar-refractivity contribution in [1.82, 2.24) is 9.62 Å². The fourth-order valence-corrected chi connectivity index (χ4v) is 3.57. The monoisotopic (exact) mass is 351 g/mol. The first-order valence-corrected chi connectivity index (χ1v) is 9.63. The second-order valence-corrected chi connectivity index (χ2v) is 8.53. The molecule has 0 saturated carbocycles. The molecule has 6 nitrogen and oxygen atoms in total. The number of carbonyl (C=O) groups excluding carboxylic acids is 2. The summed E-state index contributed by atoms with van der Waals surface area (Å²) in [4.78, 5) is 25.3. The third-order valence-electron chi connectivity index (χ3n) is 4.18. The number of benzene rings is 1. The van der Waals surface area contributed by atoms with Crippen LogP contribution in [0.4, 0.5) is 0 Å². The molecule has 131 valence electrons. The van der Waals surface area contributed by atoms with E-state index in [1.54, 1.807) is 13.8 Å². The van der Waals surface area contributed by atoms with Crippen LogP contribution in [0, 0.1) is 0 Å². The lowest BCUT2D eigenvalue weighted by Gasteiger charge is -2.27. The van der Waals surface area contributed by atoms with Gasteiger partial charge in [-0.3, -0.25) is 9.59 Å². The second kappa shape index (κ2) is 7.90. The maximum atomic E-state index is 12.8. The molecular formula is C17H23N2O4S. The van der Waals surface area contributed by atoms with Gasteiger partial charge in [0.15, 0.2) is 0 Å². The van der Waals surface area contributed by atoms with E-state index in [0.717, 1.165) is 12.0 Å². The van der Waals surface area contributed by atoms with Crippen molar-refractivity contribution in [3.05, 3.63) is 35.9 Å². The third kappa shape index (κ3) is 4.42. The van der Waals surface area contributed by atoms with E-state index in [-0.39, 0.29) is 12.3 Å². The van der Waals surface area contributed by atoms with E-state index < -0.39 is 27.4 Å². The molecule has 1 aromatic carbocycles. The summed E-state index contributed by atoms with van der Waals surface area (Å²) in [5.74, 6) is -0.367. The zero-order valence-electron chi connectivity index (χ0n) is 13.9. The summed E-state index contributed by atoms with van der Waals surface area (Å²) >= 11 is 0. The summed E-state index contributed by atoms with van der Waals surface area (Å²) < 4.78 is 27.0. The van der Waals surface area contributed by atoms with Gasteiger partial charge < -0.3 is 4.90 Å². The molecule has 2 rings (SSSR count). The van der Waals surface area contributed by atoms with Crippen molar-refractivity contribution in [1.29, 1.82) is 0 Å². The van der Waals surface area contributed by atoms with Gasteiger partial charge in [-0.1, -0.05) is 30.3 Å². The van der Waals surface area contributed by atoms with Gasteiger partial charge in [-0.2, -0.15) is 0 Å². The Balaban J connectivity index is 2.24. The number of likely N-dealkylation sites (tertiary alicyclic amines) is 1. The molecule has 1 radical (unpaired) electrons. The normalized spacial score (nSPS) is 19.5. The second-order valence-electron chi connectivity index (χ2n) is 6.26. The van der Waals surface area contributed by atoms with E-state index in [9.17, 15) is 18.0 Å². The Hall–Kier alpha value is -1.73. The number of rotatable bonds is 7. The quantitative estimate of drug-likeness (QED) is 0.795. The van der Waals surface area contributed by atoms with Crippen molar-refractivity contribution < 1.29 is 18.0 Å². The Morgan fingerprint density at radius 2 is 2.00 bits per heavy atom. The molecule has 24 heavy (non-hydrogen) atoms. The predicted octanol–water partition coefficient (Wildman–Crippen LogP) is 1.03. The Kier molecular flexibility index (Phi) is 6.12. The first-order valence-electron chi connectivity index (χ1n) is 8.08. The largest absolute Gasteiger partial charge is 0.331 e. The number of hydrogen-bond acceptors (Lipinski definition) is 4. The average molecular weight is 351 g/mol. The highest BCUT2D eigenvalue weighted by Crippen LogP contribution is 2.18. The molecule has 0 aliphatic carbocycles. The standard InChI is InChI=1S/C17H23N2O4S/c1-13(2)24(22,23)18-16(11-14-7-4-3-5-8-14)17(21)19-10-6-9-15(19)12-20/h3-5,7-8,13,15-16,18H,6,9-11H2,1-2H3/t15-,16+/m0/s1. The van der Waals surface area contributed by atoms with Crippen LogP contribution < -0.4 is 4.72 Å². The summed E-state index contributed by atoms with van der Waals surface area (Å²) in [5.41, 5.74) is 0.855. The van der Waals surface area contributed by atoms with E-state index in [1.165, 1.54) is 4.90 Å². The van der Waals surface area contributed by atoms with E-state index in [0.29, 0.717) is 13.0 Å². The van der Waals surface area contributed by atoms with Gasteiger partial charge in [0, 0.05) is 6.54 Å². The summed E-state index contributed by atoms with van der Waals surface area (Å²) in [6.45, 7) is 3.57. The van der Waals surface area contributed by atoms with E-state index in [4.69, 9.17) is 0 Å². The molecule has 0 unspecified atom stereocenters. The number of hydrogen-bond donors (Lipinski definition) is 1. The zero-order valence-corrected chi connectivity index (χ0v) is 14.8. The molecular weight excluding hydrogens is 328 g/mol. The molecule has 1 heterocycles. The van der Waals surface area contributed by atoms with Gasteiger partial charge in [-0.25, -0.2) is 13.1 Å². The summed E-state index contributed by atoms with van der Waals surface area (Å²) in [5, 5.41) is -0.643. The minimum absolute atomic E-state index is 0.244. The van der Waals surface area contributed by atoms with Crippen LogP contribution in [0.25, 0.3) is 0 Å². The molecule has 0 bridgehead atoms. The lowest BCUT2D eigenvalue weighted by molar-refractivity contribution is -0.132. The number of amides is 1. The first kappa shape index (κ1) is 18.6. The molecule has 0 aromatic heterocycles. The van der Waals surface area contributed by atoms with Crippen molar-refractivity contribution in [2.45, 2.75) is 50.4 Å².